The van der Waals surface area contributed by atoms with E-state index in [0.29, 0.717) is 19.0 Å². The lowest BCUT2D eigenvalue weighted by Crippen LogP contribution is -2.49. The molecule has 1 atom stereocenters. The van der Waals surface area contributed by atoms with Crippen LogP contribution in [0.25, 0.3) is 0 Å². The average Bonchev–Trinajstić information content (AvgIpc) is 2.60. The summed E-state index contributed by atoms with van der Waals surface area (Å²) >= 11 is 0. The second kappa shape index (κ2) is 8.32. The molecule has 0 radical (unpaired) electrons. The summed E-state index contributed by atoms with van der Waals surface area (Å²) in [5.41, 5.74) is 0. The van der Waals surface area contributed by atoms with Gasteiger partial charge in [0.05, 0.1) is 0 Å². The standard InChI is InChI=1S/C19H33N3O2/c1-21-10-7-16(13-18(21)23)19(24)20-17-8-11-22(12-9-17)14-15-5-3-2-4-6-15/h15-17H,2-14H2,1H3,(H,20,24)/t16-/m0/s1. The summed E-state index contributed by atoms with van der Waals surface area (Å²) in [5.74, 6) is 0.981. The number of hydrogen-bond acceptors (Lipinski definition) is 3. The van der Waals surface area contributed by atoms with Crippen molar-refractivity contribution in [3.05, 3.63) is 0 Å². The van der Waals surface area contributed by atoms with Crippen molar-refractivity contribution in [2.75, 3.05) is 33.2 Å². The van der Waals surface area contributed by atoms with Crippen LogP contribution in [0.1, 0.15) is 57.8 Å². The van der Waals surface area contributed by atoms with Crippen molar-refractivity contribution < 1.29 is 9.59 Å². The molecule has 2 heterocycles. The molecule has 2 aliphatic heterocycles. The molecule has 0 spiro atoms. The van der Waals surface area contributed by atoms with E-state index in [-0.39, 0.29) is 17.7 Å². The van der Waals surface area contributed by atoms with Crippen molar-refractivity contribution in [2.24, 2.45) is 11.8 Å². The van der Waals surface area contributed by atoms with Crippen LogP contribution >= 0.6 is 0 Å². The molecule has 0 aromatic rings. The molecule has 0 aromatic carbocycles. The number of nitrogens with zero attached hydrogens (tertiary/aromatic N) is 2. The largest absolute Gasteiger partial charge is 0.353 e. The Morgan fingerprint density at radius 3 is 2.42 bits per heavy atom. The van der Waals surface area contributed by atoms with Crippen LogP contribution in [-0.2, 0) is 9.59 Å². The fourth-order valence-electron chi connectivity index (χ4n) is 4.48. The van der Waals surface area contributed by atoms with Crippen molar-refractivity contribution in [3.63, 3.8) is 0 Å². The summed E-state index contributed by atoms with van der Waals surface area (Å²) in [6, 6.07) is 0.301. The van der Waals surface area contributed by atoms with Gasteiger partial charge in [-0.25, -0.2) is 0 Å². The van der Waals surface area contributed by atoms with E-state index in [0.717, 1.165) is 38.3 Å². The van der Waals surface area contributed by atoms with Gasteiger partial charge in [-0.1, -0.05) is 19.3 Å². The number of rotatable bonds is 4. The third kappa shape index (κ3) is 4.71. The van der Waals surface area contributed by atoms with Crippen LogP contribution in [0.15, 0.2) is 0 Å². The normalized spacial score (nSPS) is 28.1. The van der Waals surface area contributed by atoms with Gasteiger partial charge >= 0.3 is 0 Å². The van der Waals surface area contributed by atoms with Gasteiger partial charge in [0.1, 0.15) is 0 Å². The number of hydrogen-bond donors (Lipinski definition) is 1. The Labute approximate surface area is 146 Å². The zero-order valence-corrected chi connectivity index (χ0v) is 15.1. The van der Waals surface area contributed by atoms with E-state index in [1.807, 2.05) is 7.05 Å². The first-order valence-electron chi connectivity index (χ1n) is 9.88. The van der Waals surface area contributed by atoms with Gasteiger partial charge in [-0.15, -0.1) is 0 Å². The van der Waals surface area contributed by atoms with Crippen LogP contribution in [0.2, 0.25) is 0 Å². The highest BCUT2D eigenvalue weighted by molar-refractivity contribution is 5.86. The lowest BCUT2D eigenvalue weighted by molar-refractivity contribution is -0.139. The first kappa shape index (κ1) is 17.7. The minimum absolute atomic E-state index is 0.0992. The van der Waals surface area contributed by atoms with Crippen LogP contribution in [0, 0.1) is 11.8 Å². The minimum Gasteiger partial charge on any atom is -0.353 e. The van der Waals surface area contributed by atoms with Crippen molar-refractivity contribution in [1.29, 1.82) is 0 Å². The van der Waals surface area contributed by atoms with Crippen molar-refractivity contribution in [3.8, 4) is 0 Å². The summed E-state index contributed by atoms with van der Waals surface area (Å²) in [4.78, 5) is 28.5. The van der Waals surface area contributed by atoms with Gasteiger partial charge in [0.15, 0.2) is 0 Å². The quantitative estimate of drug-likeness (QED) is 0.855. The topological polar surface area (TPSA) is 52.7 Å². The van der Waals surface area contributed by atoms with Gasteiger partial charge in [-0.05, 0) is 38.0 Å². The lowest BCUT2D eigenvalue weighted by Gasteiger charge is -2.36. The number of piperidine rings is 2. The van der Waals surface area contributed by atoms with Crippen molar-refractivity contribution in [1.82, 2.24) is 15.1 Å². The number of carbonyl (C=O) groups excluding carboxylic acids is 2. The van der Waals surface area contributed by atoms with Gasteiger partial charge in [0.2, 0.25) is 11.8 Å². The Hall–Kier alpha value is -1.10. The SMILES string of the molecule is CN1CC[C@H](C(=O)NC2CCN(CC3CCCCC3)CC2)CC1=O. The molecule has 2 amide bonds. The Morgan fingerprint density at radius 1 is 1.04 bits per heavy atom. The number of carbonyl (C=O) groups is 2. The van der Waals surface area contributed by atoms with Gasteiger partial charge in [-0.2, -0.15) is 0 Å². The first-order chi connectivity index (χ1) is 11.6. The Balaban J connectivity index is 1.37. The van der Waals surface area contributed by atoms with Gasteiger partial charge in [-0.3, -0.25) is 9.59 Å². The maximum absolute atomic E-state index is 12.4. The summed E-state index contributed by atoms with van der Waals surface area (Å²) in [6.07, 6.45) is 10.3. The zero-order chi connectivity index (χ0) is 16.9. The molecular weight excluding hydrogens is 302 g/mol. The smallest absolute Gasteiger partial charge is 0.223 e. The second-order valence-electron chi connectivity index (χ2n) is 8.09. The third-order valence-electron chi connectivity index (χ3n) is 6.21. The molecule has 1 saturated carbocycles. The summed E-state index contributed by atoms with van der Waals surface area (Å²) in [6.45, 7) is 4.17. The molecule has 5 heteroatoms. The Morgan fingerprint density at radius 2 is 1.75 bits per heavy atom. The van der Waals surface area contributed by atoms with Crippen molar-refractivity contribution in [2.45, 2.75) is 63.8 Å². The van der Waals surface area contributed by atoms with E-state index in [2.05, 4.69) is 10.2 Å². The average molecular weight is 335 g/mol. The highest BCUT2D eigenvalue weighted by atomic mass is 16.2. The van der Waals surface area contributed by atoms with E-state index in [1.54, 1.807) is 4.90 Å². The number of nitrogens with one attached hydrogen (secondary N) is 1. The predicted molar refractivity (Wildman–Crippen MR) is 94.5 cm³/mol. The van der Waals surface area contributed by atoms with Crippen LogP contribution in [0.4, 0.5) is 0 Å². The summed E-state index contributed by atoms with van der Waals surface area (Å²) in [5, 5.41) is 3.21. The number of likely N-dealkylation sites (tertiary alicyclic amines) is 2. The van der Waals surface area contributed by atoms with Gasteiger partial charge < -0.3 is 15.1 Å². The fraction of sp³-hybridized carbons (Fsp3) is 0.895. The molecule has 2 saturated heterocycles. The molecule has 3 rings (SSSR count). The molecule has 3 fully saturated rings. The Bertz CT molecular complexity index is 440. The monoisotopic (exact) mass is 335 g/mol. The molecule has 5 nitrogen and oxygen atoms in total. The molecule has 0 unspecified atom stereocenters. The summed E-state index contributed by atoms with van der Waals surface area (Å²) < 4.78 is 0. The summed E-state index contributed by atoms with van der Waals surface area (Å²) in [7, 11) is 1.82. The van der Waals surface area contributed by atoms with E-state index in [9.17, 15) is 9.59 Å². The molecule has 3 aliphatic rings. The molecule has 1 aliphatic carbocycles. The van der Waals surface area contributed by atoms with Crippen LogP contribution in [0.3, 0.4) is 0 Å². The third-order valence-corrected chi connectivity index (χ3v) is 6.21. The predicted octanol–water partition coefficient (Wildman–Crippen LogP) is 2.02. The molecule has 136 valence electrons. The molecule has 1 N–H and O–H groups in total. The number of amides is 2. The lowest BCUT2D eigenvalue weighted by atomic mass is 9.88. The van der Waals surface area contributed by atoms with E-state index < -0.39 is 0 Å². The minimum atomic E-state index is -0.117. The maximum Gasteiger partial charge on any atom is 0.223 e. The van der Waals surface area contributed by atoms with E-state index >= 15 is 0 Å². The second-order valence-corrected chi connectivity index (χ2v) is 8.09. The Kier molecular flexibility index (Phi) is 6.14. The van der Waals surface area contributed by atoms with E-state index in [4.69, 9.17) is 0 Å². The zero-order valence-electron chi connectivity index (χ0n) is 15.1. The van der Waals surface area contributed by atoms with E-state index in [1.165, 1.54) is 38.6 Å². The first-order valence-corrected chi connectivity index (χ1v) is 9.88. The molecular formula is C19H33N3O2. The highest BCUT2D eigenvalue weighted by Gasteiger charge is 2.30. The van der Waals surface area contributed by atoms with Gasteiger partial charge in [0, 0.05) is 51.6 Å². The van der Waals surface area contributed by atoms with Crippen LogP contribution < -0.4 is 5.32 Å². The van der Waals surface area contributed by atoms with Crippen LogP contribution in [-0.4, -0.2) is 60.9 Å². The van der Waals surface area contributed by atoms with Crippen molar-refractivity contribution >= 4 is 11.8 Å². The molecule has 0 bridgehead atoms. The highest BCUT2D eigenvalue weighted by Crippen LogP contribution is 2.25. The van der Waals surface area contributed by atoms with Gasteiger partial charge in [0.25, 0.3) is 0 Å². The van der Waals surface area contributed by atoms with Crippen LogP contribution in [0.5, 0.6) is 0 Å². The molecule has 24 heavy (non-hydrogen) atoms. The molecule has 0 aromatic heterocycles. The fourth-order valence-corrected chi connectivity index (χ4v) is 4.48. The maximum atomic E-state index is 12.4.